The lowest BCUT2D eigenvalue weighted by molar-refractivity contribution is 0.100. The second-order valence-corrected chi connectivity index (χ2v) is 3.90. The zero-order valence-corrected chi connectivity index (χ0v) is 8.31. The van der Waals surface area contributed by atoms with Crippen molar-refractivity contribution in [1.82, 2.24) is 4.98 Å². The van der Waals surface area contributed by atoms with Crippen molar-refractivity contribution in [3.8, 4) is 0 Å². The fourth-order valence-electron chi connectivity index (χ4n) is 0.817. The summed E-state index contributed by atoms with van der Waals surface area (Å²) in [6.07, 6.45) is 0. The van der Waals surface area contributed by atoms with E-state index in [1.54, 1.807) is 0 Å². The molecule has 1 aromatic heterocycles. The molecule has 0 bridgehead atoms. The maximum absolute atomic E-state index is 10.8. The first-order valence-corrected chi connectivity index (χ1v) is 4.65. The lowest BCUT2D eigenvalue weighted by Crippen LogP contribution is -2.10. The van der Waals surface area contributed by atoms with E-state index in [4.69, 9.17) is 11.5 Å². The highest BCUT2D eigenvalue weighted by Gasteiger charge is 2.13. The number of aromatic nitrogens is 1. The van der Waals surface area contributed by atoms with E-state index in [0.29, 0.717) is 10.0 Å². The summed E-state index contributed by atoms with van der Waals surface area (Å²) in [4.78, 5) is 15.1. The highest BCUT2D eigenvalue weighted by atomic mass is 32.1. The fourth-order valence-corrected chi connectivity index (χ4v) is 1.70. The predicted octanol–water partition coefficient (Wildman–Crippen LogP) is 0.645. The number of rotatable bonds is 3. The highest BCUT2D eigenvalue weighted by Crippen LogP contribution is 2.24. The van der Waals surface area contributed by atoms with Crippen LogP contribution < -0.4 is 16.8 Å². The lowest BCUT2D eigenvalue weighted by Gasteiger charge is -2.03. The third-order valence-corrected chi connectivity index (χ3v) is 2.31. The van der Waals surface area contributed by atoms with Crippen LogP contribution in [0.3, 0.4) is 0 Å². The summed E-state index contributed by atoms with van der Waals surface area (Å²) in [7, 11) is 0. The molecule has 6 heteroatoms. The van der Waals surface area contributed by atoms with E-state index in [1.165, 1.54) is 11.3 Å². The van der Waals surface area contributed by atoms with Crippen molar-refractivity contribution in [3.05, 3.63) is 4.88 Å². The highest BCUT2D eigenvalue weighted by molar-refractivity contribution is 7.18. The molecule has 72 valence electrons. The molecule has 5 N–H and O–H groups in total. The van der Waals surface area contributed by atoms with Crippen molar-refractivity contribution in [3.63, 3.8) is 0 Å². The Morgan fingerprint density at radius 1 is 1.62 bits per heavy atom. The van der Waals surface area contributed by atoms with Gasteiger partial charge in [0.15, 0.2) is 5.13 Å². The standard InChI is InChI=1S/C7H12N4OS/c1-3(2)10-7-11-5(8)4(13-7)6(9)12/h3H,8H2,1-2H3,(H2,9,12)(H,10,11). The van der Waals surface area contributed by atoms with Crippen LogP contribution in [0.5, 0.6) is 0 Å². The van der Waals surface area contributed by atoms with Gasteiger partial charge in [-0.1, -0.05) is 11.3 Å². The van der Waals surface area contributed by atoms with Crippen LogP contribution in [0.1, 0.15) is 23.5 Å². The Balaban J connectivity index is 2.89. The first-order valence-electron chi connectivity index (χ1n) is 3.83. The van der Waals surface area contributed by atoms with Crippen molar-refractivity contribution in [2.24, 2.45) is 5.73 Å². The van der Waals surface area contributed by atoms with Crippen molar-refractivity contribution in [1.29, 1.82) is 0 Å². The number of nitrogen functional groups attached to an aromatic ring is 1. The van der Waals surface area contributed by atoms with Crippen molar-refractivity contribution in [2.75, 3.05) is 11.1 Å². The van der Waals surface area contributed by atoms with Gasteiger partial charge >= 0.3 is 0 Å². The maximum atomic E-state index is 10.8. The van der Waals surface area contributed by atoms with Crippen LogP contribution in [0.4, 0.5) is 10.9 Å². The van der Waals surface area contributed by atoms with E-state index in [0.717, 1.165) is 0 Å². The Hall–Kier alpha value is -1.30. The number of nitrogens with one attached hydrogen (secondary N) is 1. The molecule has 1 heterocycles. The largest absolute Gasteiger partial charge is 0.382 e. The van der Waals surface area contributed by atoms with E-state index in [2.05, 4.69) is 10.3 Å². The molecule has 0 fully saturated rings. The quantitative estimate of drug-likeness (QED) is 0.667. The molecule has 1 aromatic rings. The minimum absolute atomic E-state index is 0.195. The molecule has 0 radical (unpaired) electrons. The van der Waals surface area contributed by atoms with Crippen molar-refractivity contribution in [2.45, 2.75) is 19.9 Å². The number of nitrogens with two attached hydrogens (primary N) is 2. The monoisotopic (exact) mass is 200 g/mol. The van der Waals surface area contributed by atoms with E-state index >= 15 is 0 Å². The molecule has 0 aliphatic heterocycles. The number of amides is 1. The third kappa shape index (κ3) is 2.32. The van der Waals surface area contributed by atoms with Gasteiger partial charge in [-0.25, -0.2) is 4.98 Å². The minimum Gasteiger partial charge on any atom is -0.382 e. The molecule has 1 rings (SSSR count). The first-order chi connectivity index (χ1) is 6.00. The Kier molecular flexibility index (Phi) is 2.72. The fraction of sp³-hybridized carbons (Fsp3) is 0.429. The van der Waals surface area contributed by atoms with Gasteiger partial charge in [0.05, 0.1) is 0 Å². The van der Waals surface area contributed by atoms with Crippen molar-refractivity contribution < 1.29 is 4.79 Å². The summed E-state index contributed by atoms with van der Waals surface area (Å²) in [6.45, 7) is 3.95. The van der Waals surface area contributed by atoms with Gasteiger partial charge in [0.1, 0.15) is 10.7 Å². The summed E-state index contributed by atoms with van der Waals surface area (Å²) in [6, 6.07) is 0.256. The smallest absolute Gasteiger partial charge is 0.262 e. The third-order valence-electron chi connectivity index (χ3n) is 1.29. The number of carbonyl (C=O) groups excluding carboxylic acids is 1. The van der Waals surface area contributed by atoms with Crippen LogP contribution in [0, 0.1) is 0 Å². The van der Waals surface area contributed by atoms with Gasteiger partial charge in [0.2, 0.25) is 0 Å². The van der Waals surface area contributed by atoms with Crippen LogP contribution >= 0.6 is 11.3 Å². The van der Waals surface area contributed by atoms with Gasteiger partial charge in [-0.2, -0.15) is 0 Å². The zero-order valence-electron chi connectivity index (χ0n) is 7.50. The van der Waals surface area contributed by atoms with Gasteiger partial charge in [-0.15, -0.1) is 0 Å². The van der Waals surface area contributed by atoms with Crippen LogP contribution in [0.15, 0.2) is 0 Å². The van der Waals surface area contributed by atoms with Crippen LogP contribution in [0.25, 0.3) is 0 Å². The van der Waals surface area contributed by atoms with E-state index in [9.17, 15) is 4.79 Å². The second-order valence-electron chi connectivity index (χ2n) is 2.90. The summed E-state index contributed by atoms with van der Waals surface area (Å²) in [5.74, 6) is -0.340. The summed E-state index contributed by atoms with van der Waals surface area (Å²) in [5.41, 5.74) is 10.6. The molecular weight excluding hydrogens is 188 g/mol. The molecule has 5 nitrogen and oxygen atoms in total. The number of nitrogens with zero attached hydrogens (tertiary/aromatic N) is 1. The molecule has 0 unspecified atom stereocenters. The molecule has 0 saturated heterocycles. The Morgan fingerprint density at radius 2 is 2.23 bits per heavy atom. The molecule has 0 atom stereocenters. The van der Waals surface area contributed by atoms with Gasteiger partial charge in [0, 0.05) is 6.04 Å². The normalized spacial score (nSPS) is 10.4. The number of hydrogen-bond acceptors (Lipinski definition) is 5. The Morgan fingerprint density at radius 3 is 2.62 bits per heavy atom. The zero-order chi connectivity index (χ0) is 10.0. The van der Waals surface area contributed by atoms with Crippen molar-refractivity contribution >= 4 is 28.2 Å². The first kappa shape index (κ1) is 9.79. The van der Waals surface area contributed by atoms with Crippen LogP contribution in [-0.4, -0.2) is 16.9 Å². The number of hydrogen-bond donors (Lipinski definition) is 3. The number of anilines is 2. The molecule has 0 saturated carbocycles. The van der Waals surface area contributed by atoms with E-state index in [1.807, 2.05) is 13.8 Å². The van der Waals surface area contributed by atoms with Crippen LogP contribution in [-0.2, 0) is 0 Å². The maximum Gasteiger partial charge on any atom is 0.262 e. The average Bonchev–Trinajstić information content (AvgIpc) is 2.29. The van der Waals surface area contributed by atoms with Crippen LogP contribution in [0.2, 0.25) is 0 Å². The minimum atomic E-state index is -0.535. The molecular formula is C7H12N4OS. The molecule has 0 spiro atoms. The van der Waals surface area contributed by atoms with E-state index in [-0.39, 0.29) is 11.9 Å². The number of thiazole rings is 1. The number of carbonyl (C=O) groups is 1. The topological polar surface area (TPSA) is 94.0 Å². The SMILES string of the molecule is CC(C)Nc1nc(N)c(C(N)=O)s1. The van der Waals surface area contributed by atoms with Gasteiger partial charge in [0.25, 0.3) is 5.91 Å². The Bertz CT molecular complexity index is 320. The second kappa shape index (κ2) is 3.61. The molecule has 0 aromatic carbocycles. The molecule has 0 aliphatic carbocycles. The molecule has 13 heavy (non-hydrogen) atoms. The average molecular weight is 200 g/mol. The molecule has 0 aliphatic rings. The predicted molar refractivity (Wildman–Crippen MR) is 53.8 cm³/mol. The Labute approximate surface area is 80.1 Å². The lowest BCUT2D eigenvalue weighted by atomic mass is 10.4. The number of primary amides is 1. The van der Waals surface area contributed by atoms with Gasteiger partial charge < -0.3 is 16.8 Å². The summed E-state index contributed by atoms with van der Waals surface area (Å²) >= 11 is 1.17. The van der Waals surface area contributed by atoms with E-state index < -0.39 is 5.91 Å². The summed E-state index contributed by atoms with van der Waals surface area (Å²) in [5, 5.41) is 3.67. The molecule has 1 amide bonds. The summed E-state index contributed by atoms with van der Waals surface area (Å²) < 4.78 is 0. The van der Waals surface area contributed by atoms with Gasteiger partial charge in [-0.05, 0) is 13.8 Å². The van der Waals surface area contributed by atoms with Gasteiger partial charge in [-0.3, -0.25) is 4.79 Å².